The molecule has 0 aromatic carbocycles. The molecule has 1 saturated heterocycles. The molecule has 0 N–H and O–H groups in total. The molecule has 2 fully saturated rings. The van der Waals surface area contributed by atoms with Crippen molar-refractivity contribution in [2.45, 2.75) is 78.4 Å². The largest absolute Gasteiger partial charge is 0.464 e. The fourth-order valence-electron chi connectivity index (χ4n) is 5.19. The number of carbonyl (C=O) groups is 3. The highest BCUT2D eigenvalue weighted by Gasteiger charge is 2.32. The first-order valence-corrected chi connectivity index (χ1v) is 11.6. The van der Waals surface area contributed by atoms with E-state index in [1.807, 2.05) is 18.4 Å². The van der Waals surface area contributed by atoms with Crippen molar-refractivity contribution < 1.29 is 23.9 Å². The lowest BCUT2D eigenvalue weighted by Gasteiger charge is -2.30. The van der Waals surface area contributed by atoms with Crippen LogP contribution < -0.4 is 0 Å². The zero-order valence-corrected chi connectivity index (χ0v) is 19.4. The number of hydrogen-bond donors (Lipinski definition) is 0. The summed E-state index contributed by atoms with van der Waals surface area (Å²) in [5.74, 6) is -0.511. The van der Waals surface area contributed by atoms with Gasteiger partial charge in [-0.2, -0.15) is 0 Å². The van der Waals surface area contributed by atoms with Crippen LogP contribution in [0.3, 0.4) is 0 Å². The van der Waals surface area contributed by atoms with Gasteiger partial charge in [0.05, 0.1) is 19.8 Å². The van der Waals surface area contributed by atoms with Crippen LogP contribution in [0.15, 0.2) is 0 Å². The van der Waals surface area contributed by atoms with Gasteiger partial charge in [0, 0.05) is 36.9 Å². The van der Waals surface area contributed by atoms with Gasteiger partial charge in [0.1, 0.15) is 5.69 Å². The molecule has 1 amide bonds. The van der Waals surface area contributed by atoms with E-state index in [2.05, 4.69) is 0 Å². The van der Waals surface area contributed by atoms with E-state index in [1.54, 1.807) is 11.8 Å². The molecule has 1 atom stereocenters. The molecule has 7 heteroatoms. The summed E-state index contributed by atoms with van der Waals surface area (Å²) in [6.07, 6.45) is 7.00. The predicted molar refractivity (Wildman–Crippen MR) is 117 cm³/mol. The van der Waals surface area contributed by atoms with Crippen molar-refractivity contribution in [3.05, 3.63) is 22.5 Å². The molecule has 2 aliphatic rings. The van der Waals surface area contributed by atoms with Crippen LogP contribution in [0.2, 0.25) is 0 Å². The summed E-state index contributed by atoms with van der Waals surface area (Å²) in [5.41, 5.74) is 2.30. The number of esters is 1. The Balaban J connectivity index is 1.86. The van der Waals surface area contributed by atoms with E-state index in [0.29, 0.717) is 36.5 Å². The molecule has 0 unspecified atom stereocenters. The number of ether oxygens (including phenoxy) is 2. The summed E-state index contributed by atoms with van der Waals surface area (Å²) in [4.78, 5) is 40.8. The molecule has 3 rings (SSSR count). The molecule has 0 spiro atoms. The third-order valence-corrected chi connectivity index (χ3v) is 6.79. The molecule has 1 aliphatic carbocycles. The molecule has 0 bridgehead atoms. The van der Waals surface area contributed by atoms with E-state index in [9.17, 15) is 14.4 Å². The number of ketones is 1. The Labute approximate surface area is 185 Å². The van der Waals surface area contributed by atoms with Crippen molar-refractivity contribution in [2.75, 3.05) is 26.8 Å². The molecular formula is C24H36N2O5. The number of carbonyl (C=O) groups excluding carboxylic acids is 3. The predicted octanol–water partition coefficient (Wildman–Crippen LogP) is 3.68. The van der Waals surface area contributed by atoms with E-state index in [-0.39, 0.29) is 30.3 Å². The molecule has 7 nitrogen and oxygen atoms in total. The Kier molecular flexibility index (Phi) is 7.92. The number of Topliss-reactive ketones (excluding diaryl/α,β-unsaturated/α-hetero) is 1. The number of rotatable bonds is 8. The minimum atomic E-state index is -0.448. The van der Waals surface area contributed by atoms with E-state index < -0.39 is 5.97 Å². The first kappa shape index (κ1) is 23.5. The second-order valence-electron chi connectivity index (χ2n) is 8.78. The second kappa shape index (κ2) is 10.4. The monoisotopic (exact) mass is 432 g/mol. The molecule has 172 valence electrons. The Morgan fingerprint density at radius 1 is 1.10 bits per heavy atom. The maximum atomic E-state index is 13.5. The third kappa shape index (κ3) is 5.03. The van der Waals surface area contributed by atoms with Crippen LogP contribution in [0.5, 0.6) is 0 Å². The van der Waals surface area contributed by atoms with E-state index in [0.717, 1.165) is 44.2 Å². The minimum absolute atomic E-state index is 0.00369. The van der Waals surface area contributed by atoms with Crippen molar-refractivity contribution >= 4 is 17.7 Å². The third-order valence-electron chi connectivity index (χ3n) is 6.79. The van der Waals surface area contributed by atoms with Crippen molar-refractivity contribution in [1.29, 1.82) is 0 Å². The number of nitrogens with zero attached hydrogens (tertiary/aromatic N) is 2. The molecule has 31 heavy (non-hydrogen) atoms. The van der Waals surface area contributed by atoms with Crippen molar-refractivity contribution in [1.82, 2.24) is 9.47 Å². The van der Waals surface area contributed by atoms with Crippen molar-refractivity contribution in [3.63, 3.8) is 0 Å². The molecule has 1 aromatic heterocycles. The fourth-order valence-corrected chi connectivity index (χ4v) is 5.19. The van der Waals surface area contributed by atoms with E-state index in [1.165, 1.54) is 13.5 Å². The van der Waals surface area contributed by atoms with Crippen LogP contribution in [0, 0.1) is 19.8 Å². The van der Waals surface area contributed by atoms with Crippen LogP contribution in [-0.4, -0.2) is 60.0 Å². The summed E-state index contributed by atoms with van der Waals surface area (Å²) < 4.78 is 12.5. The summed E-state index contributed by atoms with van der Waals surface area (Å²) in [7, 11) is 1.35. The number of aromatic nitrogens is 1. The molecule has 2 heterocycles. The molecule has 1 aliphatic heterocycles. The zero-order chi connectivity index (χ0) is 22.5. The van der Waals surface area contributed by atoms with Crippen LogP contribution in [0.4, 0.5) is 0 Å². The summed E-state index contributed by atoms with van der Waals surface area (Å²) in [6, 6.07) is 0. The summed E-state index contributed by atoms with van der Waals surface area (Å²) in [5, 5.41) is 0. The average molecular weight is 433 g/mol. The molecule has 1 saturated carbocycles. The second-order valence-corrected chi connectivity index (χ2v) is 8.78. The van der Waals surface area contributed by atoms with Gasteiger partial charge < -0.3 is 18.9 Å². The van der Waals surface area contributed by atoms with E-state index in [4.69, 9.17) is 9.47 Å². The first-order chi connectivity index (χ1) is 14.9. The van der Waals surface area contributed by atoms with Crippen LogP contribution in [0.1, 0.15) is 84.0 Å². The fraction of sp³-hybridized carbons (Fsp3) is 0.708. The minimum Gasteiger partial charge on any atom is -0.464 e. The number of methoxy groups -OCH3 is 1. The highest BCUT2D eigenvalue weighted by molar-refractivity contribution is 6.04. The Bertz CT molecular complexity index is 816. The van der Waals surface area contributed by atoms with Gasteiger partial charge in [-0.3, -0.25) is 9.59 Å². The van der Waals surface area contributed by atoms with Gasteiger partial charge in [0.15, 0.2) is 5.78 Å². The van der Waals surface area contributed by atoms with Crippen LogP contribution in [-0.2, 0) is 20.8 Å². The Morgan fingerprint density at radius 2 is 1.81 bits per heavy atom. The van der Waals surface area contributed by atoms with Gasteiger partial charge in [-0.25, -0.2) is 4.79 Å². The first-order valence-electron chi connectivity index (χ1n) is 11.6. The van der Waals surface area contributed by atoms with Gasteiger partial charge in [-0.1, -0.05) is 19.3 Å². The van der Waals surface area contributed by atoms with Crippen LogP contribution in [0.25, 0.3) is 0 Å². The maximum Gasteiger partial charge on any atom is 0.354 e. The highest BCUT2D eigenvalue weighted by atomic mass is 16.5. The quantitative estimate of drug-likeness (QED) is 0.463. The molecule has 0 radical (unpaired) electrons. The SMILES string of the molecule is CCn1c(C)c(C(=O)CN(C[C@H]2CCCO2)C(=O)C2CCCCC2)c(C)c1C(=O)OC. The zero-order valence-electron chi connectivity index (χ0n) is 19.4. The smallest absolute Gasteiger partial charge is 0.354 e. The van der Waals surface area contributed by atoms with Gasteiger partial charge in [0.25, 0.3) is 0 Å². The number of hydrogen-bond acceptors (Lipinski definition) is 5. The Hall–Kier alpha value is -2.15. The summed E-state index contributed by atoms with van der Waals surface area (Å²) in [6.45, 7) is 7.32. The lowest BCUT2D eigenvalue weighted by molar-refractivity contribution is -0.137. The van der Waals surface area contributed by atoms with Crippen LogP contribution >= 0.6 is 0 Å². The molecular weight excluding hydrogens is 396 g/mol. The summed E-state index contributed by atoms with van der Waals surface area (Å²) >= 11 is 0. The van der Waals surface area contributed by atoms with Gasteiger partial charge in [-0.15, -0.1) is 0 Å². The van der Waals surface area contributed by atoms with Gasteiger partial charge >= 0.3 is 5.97 Å². The normalized spacial score (nSPS) is 19.4. The highest BCUT2D eigenvalue weighted by Crippen LogP contribution is 2.28. The maximum absolute atomic E-state index is 13.5. The standard InChI is InChI=1S/C24H36N2O5/c1-5-26-17(3)21(16(2)22(26)24(29)30-4)20(27)15-25(14-19-12-9-13-31-19)23(28)18-10-7-6-8-11-18/h18-19H,5-15H2,1-4H3/t19-/m1/s1. The average Bonchev–Trinajstić information content (AvgIpc) is 3.37. The topological polar surface area (TPSA) is 77.8 Å². The Morgan fingerprint density at radius 3 is 2.39 bits per heavy atom. The van der Waals surface area contributed by atoms with E-state index >= 15 is 0 Å². The van der Waals surface area contributed by atoms with Gasteiger partial charge in [-0.05, 0) is 52.0 Å². The lowest BCUT2D eigenvalue weighted by atomic mass is 9.88. The lowest BCUT2D eigenvalue weighted by Crippen LogP contribution is -2.44. The van der Waals surface area contributed by atoms with Crippen molar-refractivity contribution in [2.24, 2.45) is 5.92 Å². The number of amides is 1. The molecule has 1 aromatic rings. The van der Waals surface area contributed by atoms with Gasteiger partial charge in [0.2, 0.25) is 5.91 Å². The van der Waals surface area contributed by atoms with Crippen molar-refractivity contribution in [3.8, 4) is 0 Å².